The number of ether oxygens (including phenoxy) is 2. The minimum absolute atomic E-state index is 0.453. The first-order chi connectivity index (χ1) is 13.8. The van der Waals surface area contributed by atoms with Crippen LogP contribution >= 0.6 is 0 Å². The second kappa shape index (κ2) is 8.81. The normalized spacial score (nSPS) is 29.6. The molecule has 0 spiro atoms. The van der Waals surface area contributed by atoms with Crippen molar-refractivity contribution in [1.29, 1.82) is 0 Å². The van der Waals surface area contributed by atoms with Gasteiger partial charge in [-0.2, -0.15) is 0 Å². The summed E-state index contributed by atoms with van der Waals surface area (Å²) in [7, 11) is 0. The summed E-state index contributed by atoms with van der Waals surface area (Å²) in [5.41, 5.74) is 2.70. The third-order valence-electron chi connectivity index (χ3n) is 5.75. The molecule has 6 heteroatoms. The second-order valence-corrected chi connectivity index (χ2v) is 7.77. The van der Waals surface area contributed by atoms with Crippen LogP contribution in [0.4, 0.5) is 0 Å². The zero-order valence-electron chi connectivity index (χ0n) is 17.1. The van der Waals surface area contributed by atoms with Crippen molar-refractivity contribution < 1.29 is 29.9 Å². The van der Waals surface area contributed by atoms with Gasteiger partial charge in [0, 0.05) is 0 Å². The van der Waals surface area contributed by atoms with E-state index in [1.807, 2.05) is 56.3 Å². The Morgan fingerprint density at radius 3 is 2.34 bits per heavy atom. The Hall–Kier alpha value is -1.96. The molecule has 0 unspecified atom stereocenters. The van der Waals surface area contributed by atoms with Crippen LogP contribution in [0.2, 0.25) is 0 Å². The maximum Gasteiger partial charge on any atom is 0.119 e. The largest absolute Gasteiger partial charge is 0.494 e. The van der Waals surface area contributed by atoms with Crippen molar-refractivity contribution in [3.63, 3.8) is 0 Å². The van der Waals surface area contributed by atoms with Gasteiger partial charge in [-0.15, -0.1) is 0 Å². The van der Waals surface area contributed by atoms with E-state index in [1.54, 1.807) is 6.92 Å². The lowest BCUT2D eigenvalue weighted by molar-refractivity contribution is -0.273. The summed E-state index contributed by atoms with van der Waals surface area (Å²) >= 11 is 0. The molecule has 5 atom stereocenters. The van der Waals surface area contributed by atoms with Crippen LogP contribution < -0.4 is 4.74 Å². The van der Waals surface area contributed by atoms with Gasteiger partial charge < -0.3 is 29.9 Å². The molecule has 0 radical (unpaired) electrons. The molecule has 4 N–H and O–H groups in total. The van der Waals surface area contributed by atoms with Crippen molar-refractivity contribution in [2.24, 2.45) is 0 Å². The van der Waals surface area contributed by atoms with E-state index in [4.69, 9.17) is 9.47 Å². The van der Waals surface area contributed by atoms with Gasteiger partial charge in [0.15, 0.2) is 0 Å². The topological polar surface area (TPSA) is 99.4 Å². The van der Waals surface area contributed by atoms with Gasteiger partial charge in [-0.25, -0.2) is 0 Å². The highest BCUT2D eigenvalue weighted by atomic mass is 16.6. The molecule has 1 fully saturated rings. The minimum Gasteiger partial charge on any atom is -0.494 e. The van der Waals surface area contributed by atoms with Crippen LogP contribution in [0.15, 0.2) is 42.5 Å². The molecule has 1 heterocycles. The highest BCUT2D eigenvalue weighted by Gasteiger charge is 2.51. The van der Waals surface area contributed by atoms with Crippen LogP contribution in [0.1, 0.15) is 36.1 Å². The van der Waals surface area contributed by atoms with Gasteiger partial charge >= 0.3 is 0 Å². The number of hydrogen-bond donors (Lipinski definition) is 4. The van der Waals surface area contributed by atoms with Gasteiger partial charge in [-0.3, -0.25) is 0 Å². The molecule has 158 valence electrons. The predicted molar refractivity (Wildman–Crippen MR) is 109 cm³/mol. The van der Waals surface area contributed by atoms with Crippen molar-refractivity contribution in [2.45, 2.75) is 57.2 Å². The molecule has 0 aromatic heterocycles. The zero-order valence-corrected chi connectivity index (χ0v) is 17.1. The van der Waals surface area contributed by atoms with Crippen molar-refractivity contribution in [1.82, 2.24) is 0 Å². The average molecular weight is 402 g/mol. The number of benzene rings is 2. The molecule has 0 bridgehead atoms. The Kier molecular flexibility index (Phi) is 6.61. The van der Waals surface area contributed by atoms with Gasteiger partial charge in [0.1, 0.15) is 35.8 Å². The molecule has 1 aliphatic rings. The van der Waals surface area contributed by atoms with E-state index in [1.165, 1.54) is 0 Å². The SMILES string of the molecule is CCOc1ccc(Cc2cc([C@]3(C)O[C@H](CO)[C@@H](O)[C@H](O)[C@H]3O)ccc2C)cc1. The fourth-order valence-corrected chi connectivity index (χ4v) is 3.83. The summed E-state index contributed by atoms with van der Waals surface area (Å²) in [6.07, 6.45) is -4.39. The number of aliphatic hydroxyl groups is 4. The quantitative estimate of drug-likeness (QED) is 0.587. The smallest absolute Gasteiger partial charge is 0.119 e. The summed E-state index contributed by atoms with van der Waals surface area (Å²) in [6.45, 7) is 5.80. The Morgan fingerprint density at radius 2 is 1.72 bits per heavy atom. The number of aliphatic hydroxyl groups excluding tert-OH is 4. The lowest BCUT2D eigenvalue weighted by atomic mass is 9.80. The Balaban J connectivity index is 1.89. The summed E-state index contributed by atoms with van der Waals surface area (Å²) < 4.78 is 11.4. The van der Waals surface area contributed by atoms with Crippen LogP contribution in [0.3, 0.4) is 0 Å². The third kappa shape index (κ3) is 4.32. The summed E-state index contributed by atoms with van der Waals surface area (Å²) in [6, 6.07) is 13.7. The van der Waals surface area contributed by atoms with Crippen LogP contribution in [0.25, 0.3) is 0 Å². The third-order valence-corrected chi connectivity index (χ3v) is 5.75. The maximum atomic E-state index is 10.6. The summed E-state index contributed by atoms with van der Waals surface area (Å²) in [5, 5.41) is 40.5. The molecule has 0 saturated carbocycles. The summed E-state index contributed by atoms with van der Waals surface area (Å²) in [5.74, 6) is 0.829. The molecular formula is C23H30O6. The number of rotatable bonds is 6. The van der Waals surface area contributed by atoms with Crippen LogP contribution in [-0.2, 0) is 16.8 Å². The predicted octanol–water partition coefficient (Wildman–Crippen LogP) is 1.67. The fourth-order valence-electron chi connectivity index (χ4n) is 3.83. The molecule has 0 amide bonds. The minimum atomic E-state index is -1.42. The average Bonchev–Trinajstić information content (AvgIpc) is 2.72. The van der Waals surface area contributed by atoms with Crippen LogP contribution in [-0.4, -0.2) is 58.1 Å². The molecule has 29 heavy (non-hydrogen) atoms. The molecule has 1 aliphatic heterocycles. The molecule has 2 aromatic carbocycles. The van der Waals surface area contributed by atoms with Gasteiger partial charge in [0.2, 0.25) is 0 Å². The van der Waals surface area contributed by atoms with Crippen molar-refractivity contribution >= 4 is 0 Å². The highest BCUT2D eigenvalue weighted by molar-refractivity contribution is 5.39. The van der Waals surface area contributed by atoms with E-state index in [2.05, 4.69) is 0 Å². The van der Waals surface area contributed by atoms with Crippen molar-refractivity contribution in [3.05, 3.63) is 64.7 Å². The molecule has 0 aliphatic carbocycles. The molecule has 2 aromatic rings. The molecule has 6 nitrogen and oxygen atoms in total. The van der Waals surface area contributed by atoms with Crippen LogP contribution in [0, 0.1) is 6.92 Å². The first-order valence-corrected chi connectivity index (χ1v) is 9.94. The maximum absolute atomic E-state index is 10.6. The van der Waals surface area contributed by atoms with E-state index in [-0.39, 0.29) is 0 Å². The molecule has 1 saturated heterocycles. The summed E-state index contributed by atoms with van der Waals surface area (Å²) in [4.78, 5) is 0. The fraction of sp³-hybridized carbons (Fsp3) is 0.478. The Bertz CT molecular complexity index is 819. The lowest BCUT2D eigenvalue weighted by Crippen LogP contribution is -2.62. The van der Waals surface area contributed by atoms with E-state index < -0.39 is 36.6 Å². The molecular weight excluding hydrogens is 372 g/mol. The van der Waals surface area contributed by atoms with Crippen molar-refractivity contribution in [2.75, 3.05) is 13.2 Å². The van der Waals surface area contributed by atoms with Crippen LogP contribution in [0.5, 0.6) is 5.75 Å². The van der Waals surface area contributed by atoms with Gasteiger partial charge in [0.05, 0.1) is 13.2 Å². The zero-order chi connectivity index (χ0) is 21.2. The van der Waals surface area contributed by atoms with E-state index in [9.17, 15) is 20.4 Å². The standard InChI is InChI=1S/C23H30O6/c1-4-28-18-9-6-15(7-10-18)11-16-12-17(8-5-14(16)2)23(3)22(27)21(26)20(25)19(13-24)29-23/h5-10,12,19-22,24-27H,4,11,13H2,1-3H3/t19-,20-,21+,22-,23+/m1/s1. The number of hydrogen-bond acceptors (Lipinski definition) is 6. The Morgan fingerprint density at radius 1 is 1.03 bits per heavy atom. The number of aryl methyl sites for hydroxylation is 1. The first-order valence-electron chi connectivity index (χ1n) is 9.94. The van der Waals surface area contributed by atoms with Gasteiger partial charge in [-0.05, 0) is 61.6 Å². The van der Waals surface area contributed by atoms with E-state index in [0.717, 1.165) is 22.4 Å². The van der Waals surface area contributed by atoms with Crippen molar-refractivity contribution in [3.8, 4) is 5.75 Å². The van der Waals surface area contributed by atoms with E-state index in [0.29, 0.717) is 18.6 Å². The van der Waals surface area contributed by atoms with Gasteiger partial charge in [-0.1, -0.05) is 30.3 Å². The lowest BCUT2D eigenvalue weighted by Gasteiger charge is -2.47. The Labute approximate surface area is 171 Å². The monoisotopic (exact) mass is 402 g/mol. The van der Waals surface area contributed by atoms with Gasteiger partial charge in [0.25, 0.3) is 0 Å². The molecule has 3 rings (SSSR count). The second-order valence-electron chi connectivity index (χ2n) is 7.77. The first kappa shape index (κ1) is 21.7. The van der Waals surface area contributed by atoms with E-state index >= 15 is 0 Å². The highest BCUT2D eigenvalue weighted by Crippen LogP contribution is 2.39.